The standard InChI is InChI=1S/C15H12FN4O2/c16-6-8-22-11-4-1-3-10(9-11)14-18-15-12(13(17)21)5-2-7-20(15)19-14/h1-4,7,9H,6,8H2,(H2,17,21). The molecule has 2 heterocycles. The van der Waals surface area contributed by atoms with Crippen LogP contribution in [0.3, 0.4) is 0 Å². The molecule has 6 nitrogen and oxygen atoms in total. The van der Waals surface area contributed by atoms with Crippen LogP contribution in [0.2, 0.25) is 0 Å². The van der Waals surface area contributed by atoms with E-state index in [-0.39, 0.29) is 12.2 Å². The van der Waals surface area contributed by atoms with Crippen LogP contribution in [0.15, 0.2) is 36.5 Å². The molecule has 0 aliphatic rings. The Hall–Kier alpha value is -2.96. The smallest absolute Gasteiger partial charge is 0.253 e. The Labute approximate surface area is 125 Å². The average molecular weight is 299 g/mol. The third-order valence-corrected chi connectivity index (χ3v) is 2.98. The highest BCUT2D eigenvalue weighted by atomic mass is 19.1. The van der Waals surface area contributed by atoms with Gasteiger partial charge in [0, 0.05) is 17.8 Å². The van der Waals surface area contributed by atoms with Gasteiger partial charge in [0.15, 0.2) is 11.5 Å². The first-order chi connectivity index (χ1) is 10.7. The van der Waals surface area contributed by atoms with Gasteiger partial charge in [-0.05, 0) is 18.2 Å². The van der Waals surface area contributed by atoms with Crippen molar-refractivity contribution in [3.8, 4) is 17.1 Å². The number of carbonyl (C=O) groups is 1. The molecule has 2 N–H and O–H groups in total. The maximum Gasteiger partial charge on any atom is 0.253 e. The number of alkyl halides is 1. The Morgan fingerprint density at radius 1 is 1.45 bits per heavy atom. The minimum atomic E-state index is -0.621. The van der Waals surface area contributed by atoms with Crippen LogP contribution in [0.25, 0.3) is 17.0 Å². The van der Waals surface area contributed by atoms with Crippen LogP contribution >= 0.6 is 0 Å². The second kappa shape index (κ2) is 5.80. The second-order valence-corrected chi connectivity index (χ2v) is 4.47. The highest BCUT2D eigenvalue weighted by Crippen LogP contribution is 2.22. The number of fused-ring (bicyclic) bond motifs is 1. The van der Waals surface area contributed by atoms with Crippen LogP contribution in [0, 0.1) is 6.07 Å². The van der Waals surface area contributed by atoms with Gasteiger partial charge in [0.1, 0.15) is 19.0 Å². The lowest BCUT2D eigenvalue weighted by atomic mass is 10.2. The molecule has 0 atom stereocenters. The van der Waals surface area contributed by atoms with Gasteiger partial charge in [-0.2, -0.15) is 0 Å². The van der Waals surface area contributed by atoms with Crippen LogP contribution in [-0.2, 0) is 0 Å². The summed E-state index contributed by atoms with van der Waals surface area (Å²) >= 11 is 0. The molecule has 0 aliphatic carbocycles. The SMILES string of the molecule is NC(=O)c1[c]ccn2nc(-c3cccc(OCCF)c3)nc12. The zero-order valence-corrected chi connectivity index (χ0v) is 11.5. The first-order valence-electron chi connectivity index (χ1n) is 6.55. The van der Waals surface area contributed by atoms with Gasteiger partial charge < -0.3 is 10.5 Å². The minimum absolute atomic E-state index is 0.0111. The van der Waals surface area contributed by atoms with Crippen LogP contribution in [-0.4, -0.2) is 33.8 Å². The quantitative estimate of drug-likeness (QED) is 0.776. The molecule has 1 amide bonds. The number of ether oxygens (including phenoxy) is 1. The van der Waals surface area contributed by atoms with Gasteiger partial charge in [-0.15, -0.1) is 5.10 Å². The van der Waals surface area contributed by atoms with Gasteiger partial charge >= 0.3 is 0 Å². The number of hydrogen-bond acceptors (Lipinski definition) is 4. The van der Waals surface area contributed by atoms with E-state index in [1.165, 1.54) is 4.52 Å². The Morgan fingerprint density at radius 3 is 3.09 bits per heavy atom. The molecule has 111 valence electrons. The molecule has 7 heteroatoms. The Balaban J connectivity index is 2.03. The summed E-state index contributed by atoms with van der Waals surface area (Å²) in [4.78, 5) is 15.7. The topological polar surface area (TPSA) is 82.5 Å². The van der Waals surface area contributed by atoms with Gasteiger partial charge in [-0.25, -0.2) is 13.9 Å². The molecule has 0 spiro atoms. The summed E-state index contributed by atoms with van der Waals surface area (Å²) in [7, 11) is 0. The third kappa shape index (κ3) is 2.60. The summed E-state index contributed by atoms with van der Waals surface area (Å²) < 4.78 is 18.9. The molecule has 3 rings (SSSR count). The molecular formula is C15H12FN4O2. The number of benzene rings is 1. The molecule has 0 fully saturated rings. The van der Waals surface area contributed by atoms with E-state index in [1.54, 1.807) is 36.5 Å². The number of carbonyl (C=O) groups excluding carboxylic acids is 1. The lowest BCUT2D eigenvalue weighted by Crippen LogP contribution is -2.12. The van der Waals surface area contributed by atoms with Crippen molar-refractivity contribution in [2.75, 3.05) is 13.3 Å². The number of hydrogen-bond donors (Lipinski definition) is 1. The second-order valence-electron chi connectivity index (χ2n) is 4.47. The first-order valence-corrected chi connectivity index (χ1v) is 6.55. The highest BCUT2D eigenvalue weighted by molar-refractivity contribution is 5.98. The molecule has 1 aromatic carbocycles. The molecule has 0 saturated heterocycles. The van der Waals surface area contributed by atoms with Crippen molar-refractivity contribution in [2.24, 2.45) is 5.73 Å². The number of primary amides is 1. The molecule has 1 radical (unpaired) electrons. The summed E-state index contributed by atoms with van der Waals surface area (Å²) in [5, 5.41) is 4.30. The molecule has 2 aromatic heterocycles. The van der Waals surface area contributed by atoms with Crippen LogP contribution < -0.4 is 10.5 Å². The highest BCUT2D eigenvalue weighted by Gasteiger charge is 2.13. The Kier molecular flexibility index (Phi) is 3.69. The number of aromatic nitrogens is 3. The van der Waals surface area contributed by atoms with Crippen molar-refractivity contribution in [1.29, 1.82) is 0 Å². The monoisotopic (exact) mass is 299 g/mol. The van der Waals surface area contributed by atoms with E-state index < -0.39 is 12.6 Å². The molecule has 22 heavy (non-hydrogen) atoms. The van der Waals surface area contributed by atoms with E-state index in [1.807, 2.05) is 0 Å². The summed E-state index contributed by atoms with van der Waals surface area (Å²) in [6, 6.07) is 11.3. The van der Waals surface area contributed by atoms with Crippen molar-refractivity contribution < 1.29 is 13.9 Å². The largest absolute Gasteiger partial charge is 0.491 e. The van der Waals surface area contributed by atoms with Gasteiger partial charge in [-0.1, -0.05) is 12.1 Å². The minimum Gasteiger partial charge on any atom is -0.491 e. The summed E-state index contributed by atoms with van der Waals surface area (Å²) in [5.74, 6) is 0.313. The van der Waals surface area contributed by atoms with Gasteiger partial charge in [0.2, 0.25) is 0 Å². The van der Waals surface area contributed by atoms with Crippen molar-refractivity contribution >= 4 is 11.6 Å². The van der Waals surface area contributed by atoms with E-state index >= 15 is 0 Å². The molecule has 0 saturated carbocycles. The van der Waals surface area contributed by atoms with Crippen LogP contribution in [0.1, 0.15) is 10.4 Å². The normalized spacial score (nSPS) is 10.8. The average Bonchev–Trinajstić information content (AvgIpc) is 2.97. The van der Waals surface area contributed by atoms with Crippen molar-refractivity contribution in [3.05, 3.63) is 48.2 Å². The fourth-order valence-electron chi connectivity index (χ4n) is 2.04. The van der Waals surface area contributed by atoms with Gasteiger partial charge in [0.05, 0.1) is 5.56 Å². The summed E-state index contributed by atoms with van der Waals surface area (Å²) in [6.07, 6.45) is 1.63. The zero-order chi connectivity index (χ0) is 15.5. The predicted octanol–water partition coefficient (Wildman–Crippen LogP) is 1.64. The molecular weight excluding hydrogens is 287 g/mol. The number of rotatable bonds is 5. The maximum absolute atomic E-state index is 12.2. The number of amides is 1. The van der Waals surface area contributed by atoms with E-state index in [2.05, 4.69) is 16.1 Å². The van der Waals surface area contributed by atoms with Gasteiger partial charge in [0.25, 0.3) is 5.91 Å². The van der Waals surface area contributed by atoms with Gasteiger partial charge in [-0.3, -0.25) is 4.79 Å². The lowest BCUT2D eigenvalue weighted by Gasteiger charge is -2.04. The maximum atomic E-state index is 12.2. The zero-order valence-electron chi connectivity index (χ0n) is 11.5. The lowest BCUT2D eigenvalue weighted by molar-refractivity contribution is 0.100. The van der Waals surface area contributed by atoms with Crippen molar-refractivity contribution in [2.45, 2.75) is 0 Å². The fourth-order valence-corrected chi connectivity index (χ4v) is 2.04. The Bertz CT molecular complexity index is 831. The fraction of sp³-hybridized carbons (Fsp3) is 0.133. The molecule has 0 bridgehead atoms. The molecule has 0 aliphatic heterocycles. The predicted molar refractivity (Wildman–Crippen MR) is 77.2 cm³/mol. The van der Waals surface area contributed by atoms with Crippen molar-refractivity contribution in [1.82, 2.24) is 14.6 Å². The summed E-state index contributed by atoms with van der Waals surface area (Å²) in [5.41, 5.74) is 6.50. The molecule has 0 unspecified atom stereocenters. The molecule has 3 aromatic rings. The number of pyridine rings is 1. The van der Waals surface area contributed by atoms with Crippen LogP contribution in [0.5, 0.6) is 5.75 Å². The van der Waals surface area contributed by atoms with Crippen molar-refractivity contribution in [3.63, 3.8) is 0 Å². The van der Waals surface area contributed by atoms with E-state index in [0.29, 0.717) is 22.8 Å². The van der Waals surface area contributed by atoms with Crippen LogP contribution in [0.4, 0.5) is 4.39 Å². The Morgan fingerprint density at radius 2 is 2.32 bits per heavy atom. The number of nitrogens with zero attached hydrogens (tertiary/aromatic N) is 3. The third-order valence-electron chi connectivity index (χ3n) is 2.98. The van der Waals surface area contributed by atoms with E-state index in [4.69, 9.17) is 10.5 Å². The van der Waals surface area contributed by atoms with E-state index in [0.717, 1.165) is 0 Å². The number of nitrogens with two attached hydrogens (primary N) is 1. The summed E-state index contributed by atoms with van der Waals surface area (Å²) in [6.45, 7) is -0.572. The first kappa shape index (κ1) is 14.0. The van der Waals surface area contributed by atoms with E-state index in [9.17, 15) is 9.18 Å². The number of halogens is 1.